The van der Waals surface area contributed by atoms with Crippen LogP contribution < -0.4 is 9.83 Å². The highest BCUT2D eigenvalue weighted by Crippen LogP contribution is 2.47. The largest absolute Gasteiger partial charge is 0.440 e. The molecule has 1 atom stereocenters. The van der Waals surface area contributed by atoms with Crippen molar-refractivity contribution in [3.05, 3.63) is 60.2 Å². The molecule has 2 aromatic carbocycles. The maximum absolute atomic E-state index is 5.99. The highest BCUT2D eigenvalue weighted by molar-refractivity contribution is 8.13. The van der Waals surface area contributed by atoms with Crippen LogP contribution in [0.3, 0.4) is 0 Å². The van der Waals surface area contributed by atoms with Gasteiger partial charge in [0.15, 0.2) is 0 Å². The Bertz CT molecular complexity index is 566. The Morgan fingerprint density at radius 3 is 2.21 bits per heavy atom. The normalized spacial score (nSPS) is 13.8. The van der Waals surface area contributed by atoms with Crippen molar-refractivity contribution in [2.75, 3.05) is 6.61 Å². The molecule has 2 aromatic rings. The summed E-state index contributed by atoms with van der Waals surface area (Å²) in [7, 11) is 0. The molecule has 2 nitrogen and oxygen atoms in total. The van der Waals surface area contributed by atoms with Gasteiger partial charge in [0, 0.05) is 5.30 Å². The van der Waals surface area contributed by atoms with Gasteiger partial charge in [0.2, 0.25) is 0 Å². The first kappa shape index (κ1) is 14.3. The predicted octanol–water partition coefficient (Wildman–Crippen LogP) is 4.05. The molecule has 1 unspecified atom stereocenters. The summed E-state index contributed by atoms with van der Waals surface area (Å²) >= 11 is 5.65. The van der Waals surface area contributed by atoms with Crippen LogP contribution in [0.4, 0.5) is 0 Å². The summed E-state index contributed by atoms with van der Waals surface area (Å²) in [5.41, 5.74) is 1.19. The molecule has 0 bridgehead atoms. The van der Waals surface area contributed by atoms with Crippen molar-refractivity contribution in [1.29, 1.82) is 0 Å². The van der Waals surface area contributed by atoms with Crippen molar-refractivity contribution in [2.45, 2.75) is 13.8 Å². The third-order valence-electron chi connectivity index (χ3n) is 2.62. The molecule has 0 aliphatic heterocycles. The molecule has 2 rings (SSSR count). The van der Waals surface area contributed by atoms with Crippen LogP contribution in [0.5, 0.6) is 5.75 Å². The van der Waals surface area contributed by atoms with Gasteiger partial charge in [-0.25, -0.2) is 0 Å². The van der Waals surface area contributed by atoms with Crippen molar-refractivity contribution in [3.63, 3.8) is 0 Å². The van der Waals surface area contributed by atoms with Crippen LogP contribution in [0, 0.1) is 6.92 Å². The van der Waals surface area contributed by atoms with Gasteiger partial charge in [0.1, 0.15) is 5.75 Å². The minimum Gasteiger partial charge on any atom is -0.440 e. The second kappa shape index (κ2) is 6.33. The predicted molar refractivity (Wildman–Crippen MR) is 83.8 cm³/mol. The van der Waals surface area contributed by atoms with E-state index in [0.29, 0.717) is 6.61 Å². The van der Waals surface area contributed by atoms with Crippen LogP contribution in [0.1, 0.15) is 12.5 Å². The number of benzene rings is 2. The molecule has 0 aliphatic rings. The van der Waals surface area contributed by atoms with Gasteiger partial charge in [0.25, 0.3) is 6.49 Å². The number of aryl methyl sites for hydroxylation is 1. The molecule has 0 saturated carbocycles. The van der Waals surface area contributed by atoms with Crippen LogP contribution in [0.15, 0.2) is 54.6 Å². The molecule has 0 saturated heterocycles. The average Bonchev–Trinajstić information content (AvgIpc) is 2.43. The summed E-state index contributed by atoms with van der Waals surface area (Å²) in [4.78, 5) is 0. The molecular formula is C15H17O2PS. The van der Waals surface area contributed by atoms with E-state index in [2.05, 4.69) is 0 Å². The molecule has 0 aliphatic carbocycles. The highest BCUT2D eigenvalue weighted by Gasteiger charge is 2.22. The smallest absolute Gasteiger partial charge is 0.269 e. The molecule has 0 aromatic heterocycles. The summed E-state index contributed by atoms with van der Waals surface area (Å²) < 4.78 is 11.7. The van der Waals surface area contributed by atoms with Crippen LogP contribution in [0.2, 0.25) is 0 Å². The van der Waals surface area contributed by atoms with Crippen LogP contribution >= 0.6 is 6.49 Å². The lowest BCUT2D eigenvalue weighted by Gasteiger charge is -2.22. The lowest BCUT2D eigenvalue weighted by atomic mass is 10.2. The van der Waals surface area contributed by atoms with E-state index in [1.54, 1.807) is 0 Å². The van der Waals surface area contributed by atoms with E-state index in [0.717, 1.165) is 11.1 Å². The Labute approximate surface area is 119 Å². The number of hydrogen-bond acceptors (Lipinski definition) is 3. The molecule has 4 heteroatoms. The summed E-state index contributed by atoms with van der Waals surface area (Å²) in [6.07, 6.45) is 0. The standard InChI is InChI=1S/C15H17O2PS/c1-3-16-18(19,15-7-5-4-6-8-15)17-14-11-9-13(2)10-12-14/h4-12H,3H2,1-2H3. The van der Waals surface area contributed by atoms with Crippen LogP contribution in [-0.4, -0.2) is 6.61 Å². The lowest BCUT2D eigenvalue weighted by molar-refractivity contribution is 0.339. The fourth-order valence-electron chi connectivity index (χ4n) is 1.67. The van der Waals surface area contributed by atoms with Gasteiger partial charge in [-0.3, -0.25) is 0 Å². The fraction of sp³-hybridized carbons (Fsp3) is 0.200. The molecule has 0 spiro atoms. The Morgan fingerprint density at radius 1 is 1.00 bits per heavy atom. The zero-order valence-corrected chi connectivity index (χ0v) is 12.8. The first-order valence-electron chi connectivity index (χ1n) is 6.20. The van der Waals surface area contributed by atoms with Gasteiger partial charge >= 0.3 is 0 Å². The molecule has 0 fully saturated rings. The van der Waals surface area contributed by atoms with Crippen molar-refractivity contribution < 1.29 is 9.05 Å². The Morgan fingerprint density at radius 2 is 1.63 bits per heavy atom. The third kappa shape index (κ3) is 3.66. The van der Waals surface area contributed by atoms with E-state index in [1.165, 1.54) is 5.56 Å². The van der Waals surface area contributed by atoms with E-state index in [-0.39, 0.29) is 0 Å². The van der Waals surface area contributed by atoms with Crippen molar-refractivity contribution in [2.24, 2.45) is 0 Å². The van der Waals surface area contributed by atoms with Crippen molar-refractivity contribution >= 4 is 23.6 Å². The molecule has 0 radical (unpaired) electrons. The second-order valence-electron chi connectivity index (χ2n) is 4.16. The molecule has 0 heterocycles. The van der Waals surface area contributed by atoms with E-state index in [1.807, 2.05) is 68.4 Å². The molecule has 0 N–H and O–H groups in total. The quantitative estimate of drug-likeness (QED) is 0.775. The SMILES string of the molecule is CCOP(=S)(Oc1ccc(C)cc1)c1ccccc1. The summed E-state index contributed by atoms with van der Waals surface area (Å²) in [5.74, 6) is 0.756. The van der Waals surface area contributed by atoms with Gasteiger partial charge in [-0.05, 0) is 49.9 Å². The van der Waals surface area contributed by atoms with Gasteiger partial charge in [-0.1, -0.05) is 35.9 Å². The molecule has 100 valence electrons. The Kier molecular flexibility index (Phi) is 4.76. The molecule has 19 heavy (non-hydrogen) atoms. The molecular weight excluding hydrogens is 275 g/mol. The Hall–Kier alpha value is -1.15. The summed E-state index contributed by atoms with van der Waals surface area (Å²) in [5, 5.41) is 0.937. The van der Waals surface area contributed by atoms with E-state index < -0.39 is 6.49 Å². The first-order valence-corrected chi connectivity index (χ1v) is 8.84. The zero-order valence-electron chi connectivity index (χ0n) is 11.1. The average molecular weight is 292 g/mol. The summed E-state index contributed by atoms with van der Waals surface area (Å²) in [6.45, 7) is 2.04. The zero-order chi connectivity index (χ0) is 13.7. The minimum atomic E-state index is -2.48. The maximum Gasteiger partial charge on any atom is 0.269 e. The van der Waals surface area contributed by atoms with Gasteiger partial charge in [0.05, 0.1) is 6.61 Å². The lowest BCUT2D eigenvalue weighted by Crippen LogP contribution is -2.11. The number of hydrogen-bond donors (Lipinski definition) is 0. The maximum atomic E-state index is 5.99. The van der Waals surface area contributed by atoms with Crippen LogP contribution in [0.25, 0.3) is 0 Å². The monoisotopic (exact) mass is 292 g/mol. The van der Waals surface area contributed by atoms with Crippen LogP contribution in [-0.2, 0) is 16.3 Å². The van der Waals surface area contributed by atoms with Crippen molar-refractivity contribution in [3.8, 4) is 5.75 Å². The summed E-state index contributed by atoms with van der Waals surface area (Å²) in [6, 6.07) is 17.7. The third-order valence-corrected chi connectivity index (χ3v) is 5.77. The van der Waals surface area contributed by atoms with E-state index in [4.69, 9.17) is 20.9 Å². The van der Waals surface area contributed by atoms with Gasteiger partial charge < -0.3 is 9.05 Å². The minimum absolute atomic E-state index is 0.540. The first-order chi connectivity index (χ1) is 9.14. The fourth-order valence-corrected chi connectivity index (χ4v) is 4.20. The van der Waals surface area contributed by atoms with E-state index in [9.17, 15) is 0 Å². The number of rotatable bonds is 5. The second-order valence-corrected chi connectivity index (χ2v) is 7.55. The highest BCUT2D eigenvalue weighted by atomic mass is 32.5. The Balaban J connectivity index is 2.30. The van der Waals surface area contributed by atoms with Gasteiger partial charge in [-0.15, -0.1) is 0 Å². The molecule has 0 amide bonds. The van der Waals surface area contributed by atoms with E-state index >= 15 is 0 Å². The topological polar surface area (TPSA) is 18.5 Å². The van der Waals surface area contributed by atoms with Crippen molar-refractivity contribution in [1.82, 2.24) is 0 Å². The van der Waals surface area contributed by atoms with Gasteiger partial charge in [-0.2, -0.15) is 0 Å².